The van der Waals surface area contributed by atoms with Crippen LogP contribution in [-0.2, 0) is 14.8 Å². The number of ether oxygens (including phenoxy) is 2. The summed E-state index contributed by atoms with van der Waals surface area (Å²) in [6, 6.07) is 19.5. The highest BCUT2D eigenvalue weighted by Gasteiger charge is 2.14. The standard InChI is InChI=1S/C21H19BrN2O5S/c1-28-18-7-5-16(6-8-18)24-30(26,27)20-11-9-19(10-12-20)29-14-21(25)23-17-4-2-3-15(22)13-17/h2-13,24H,14H2,1H3,(H,23,25). The van der Waals surface area contributed by atoms with Gasteiger partial charge in [0.05, 0.1) is 12.0 Å². The van der Waals surface area contributed by atoms with E-state index in [0.717, 1.165) is 4.47 Å². The van der Waals surface area contributed by atoms with Crippen molar-refractivity contribution < 1.29 is 22.7 Å². The van der Waals surface area contributed by atoms with Crippen LogP contribution < -0.4 is 19.5 Å². The van der Waals surface area contributed by atoms with Crippen LogP contribution >= 0.6 is 15.9 Å². The number of sulfonamides is 1. The van der Waals surface area contributed by atoms with Gasteiger partial charge in [-0.05, 0) is 66.7 Å². The van der Waals surface area contributed by atoms with Gasteiger partial charge in [-0.15, -0.1) is 0 Å². The van der Waals surface area contributed by atoms with E-state index >= 15 is 0 Å². The van der Waals surface area contributed by atoms with Gasteiger partial charge in [-0.2, -0.15) is 0 Å². The van der Waals surface area contributed by atoms with E-state index in [1.807, 2.05) is 6.07 Å². The molecule has 0 heterocycles. The summed E-state index contributed by atoms with van der Waals surface area (Å²) in [5.41, 5.74) is 1.06. The smallest absolute Gasteiger partial charge is 0.262 e. The number of benzene rings is 3. The molecular formula is C21H19BrN2O5S. The Morgan fingerprint density at radius 2 is 1.60 bits per heavy atom. The minimum Gasteiger partial charge on any atom is -0.497 e. The second-order valence-corrected chi connectivity index (χ2v) is 8.75. The molecule has 9 heteroatoms. The van der Waals surface area contributed by atoms with Crippen LogP contribution in [0, 0.1) is 0 Å². The van der Waals surface area contributed by atoms with Crippen LogP contribution in [0.3, 0.4) is 0 Å². The largest absolute Gasteiger partial charge is 0.497 e. The van der Waals surface area contributed by atoms with Crippen molar-refractivity contribution in [1.29, 1.82) is 0 Å². The molecule has 3 rings (SSSR count). The SMILES string of the molecule is COc1ccc(NS(=O)(=O)c2ccc(OCC(=O)Nc3cccc(Br)c3)cc2)cc1. The topological polar surface area (TPSA) is 93.7 Å². The number of rotatable bonds is 8. The lowest BCUT2D eigenvalue weighted by Crippen LogP contribution is -2.20. The fourth-order valence-corrected chi connectivity index (χ4v) is 3.96. The van der Waals surface area contributed by atoms with E-state index in [0.29, 0.717) is 22.9 Å². The molecule has 0 saturated heterocycles. The maximum atomic E-state index is 12.5. The molecule has 1 amide bonds. The third-order valence-corrected chi connectivity index (χ3v) is 5.85. The number of halogens is 1. The fraction of sp³-hybridized carbons (Fsp3) is 0.0952. The first-order chi connectivity index (χ1) is 14.4. The molecular weight excluding hydrogens is 472 g/mol. The normalized spacial score (nSPS) is 10.9. The minimum atomic E-state index is -3.76. The van der Waals surface area contributed by atoms with Gasteiger partial charge in [0.2, 0.25) is 0 Å². The van der Waals surface area contributed by atoms with Crippen molar-refractivity contribution in [3.05, 3.63) is 77.3 Å². The zero-order valence-corrected chi connectivity index (χ0v) is 18.4. The number of anilines is 2. The Hall–Kier alpha value is -3.04. The van der Waals surface area contributed by atoms with Gasteiger partial charge in [0.1, 0.15) is 11.5 Å². The maximum absolute atomic E-state index is 12.5. The molecule has 0 aliphatic carbocycles. The average Bonchev–Trinajstić information content (AvgIpc) is 2.73. The van der Waals surface area contributed by atoms with Gasteiger partial charge >= 0.3 is 0 Å². The minimum absolute atomic E-state index is 0.0734. The first-order valence-corrected chi connectivity index (χ1v) is 11.1. The average molecular weight is 491 g/mol. The van der Waals surface area contributed by atoms with Crippen molar-refractivity contribution in [3.63, 3.8) is 0 Å². The Bertz CT molecular complexity index is 1120. The molecule has 0 fully saturated rings. The molecule has 0 unspecified atom stereocenters. The van der Waals surface area contributed by atoms with Gasteiger partial charge in [-0.25, -0.2) is 8.42 Å². The van der Waals surface area contributed by atoms with Crippen molar-refractivity contribution in [3.8, 4) is 11.5 Å². The highest BCUT2D eigenvalue weighted by molar-refractivity contribution is 9.10. The summed E-state index contributed by atoms with van der Waals surface area (Å²) in [6.45, 7) is -0.206. The molecule has 3 aromatic carbocycles. The van der Waals surface area contributed by atoms with Crippen LogP contribution in [0.25, 0.3) is 0 Å². The molecule has 0 bridgehead atoms. The third-order valence-electron chi connectivity index (χ3n) is 3.95. The maximum Gasteiger partial charge on any atom is 0.262 e. The number of methoxy groups -OCH3 is 1. The molecule has 156 valence electrons. The van der Waals surface area contributed by atoms with Crippen molar-refractivity contribution in [2.75, 3.05) is 23.8 Å². The Labute approximate surface area is 183 Å². The van der Waals surface area contributed by atoms with E-state index < -0.39 is 10.0 Å². The molecule has 0 radical (unpaired) electrons. The van der Waals surface area contributed by atoms with Crippen molar-refractivity contribution in [2.45, 2.75) is 4.90 Å². The fourth-order valence-electron chi connectivity index (χ4n) is 2.50. The van der Waals surface area contributed by atoms with E-state index in [4.69, 9.17) is 9.47 Å². The molecule has 2 N–H and O–H groups in total. The Morgan fingerprint density at radius 3 is 2.23 bits per heavy atom. The first-order valence-electron chi connectivity index (χ1n) is 8.81. The molecule has 3 aromatic rings. The van der Waals surface area contributed by atoms with E-state index in [-0.39, 0.29) is 17.4 Å². The van der Waals surface area contributed by atoms with Crippen LogP contribution in [0.4, 0.5) is 11.4 Å². The summed E-state index contributed by atoms with van der Waals surface area (Å²) in [7, 11) is -2.22. The summed E-state index contributed by atoms with van der Waals surface area (Å²) in [5, 5.41) is 2.72. The number of hydrogen-bond donors (Lipinski definition) is 2. The molecule has 0 aliphatic heterocycles. The Balaban J connectivity index is 1.57. The van der Waals surface area contributed by atoms with E-state index in [2.05, 4.69) is 26.0 Å². The van der Waals surface area contributed by atoms with Crippen LogP contribution in [0.5, 0.6) is 11.5 Å². The van der Waals surface area contributed by atoms with Gasteiger partial charge in [0.15, 0.2) is 6.61 Å². The first kappa shape index (κ1) is 21.7. The van der Waals surface area contributed by atoms with Crippen molar-refractivity contribution >= 4 is 43.2 Å². The zero-order valence-electron chi connectivity index (χ0n) is 16.0. The number of carbonyl (C=O) groups excluding carboxylic acids is 1. The molecule has 0 saturated carbocycles. The van der Waals surface area contributed by atoms with Crippen LogP contribution in [0.1, 0.15) is 0 Å². The predicted octanol–water partition coefficient (Wildman–Crippen LogP) is 4.28. The second kappa shape index (κ2) is 9.64. The van der Waals surface area contributed by atoms with Gasteiger partial charge in [0.25, 0.3) is 15.9 Å². The monoisotopic (exact) mass is 490 g/mol. The third kappa shape index (κ3) is 5.98. The lowest BCUT2D eigenvalue weighted by Gasteiger charge is -2.10. The molecule has 7 nitrogen and oxygen atoms in total. The van der Waals surface area contributed by atoms with E-state index in [1.165, 1.54) is 31.4 Å². The van der Waals surface area contributed by atoms with Gasteiger partial charge in [-0.3, -0.25) is 9.52 Å². The highest BCUT2D eigenvalue weighted by atomic mass is 79.9. The molecule has 0 aromatic heterocycles. The lowest BCUT2D eigenvalue weighted by atomic mass is 10.3. The number of carbonyl (C=O) groups is 1. The Kier molecular flexibility index (Phi) is 6.96. The zero-order chi connectivity index (χ0) is 21.6. The summed E-state index contributed by atoms with van der Waals surface area (Å²) in [5.74, 6) is 0.678. The van der Waals surface area contributed by atoms with Crippen LogP contribution in [0.15, 0.2) is 82.2 Å². The number of hydrogen-bond acceptors (Lipinski definition) is 5. The van der Waals surface area contributed by atoms with E-state index in [1.54, 1.807) is 42.5 Å². The second-order valence-electron chi connectivity index (χ2n) is 6.15. The summed E-state index contributed by atoms with van der Waals surface area (Å²) in [6.07, 6.45) is 0. The van der Waals surface area contributed by atoms with Crippen LogP contribution in [0.2, 0.25) is 0 Å². The predicted molar refractivity (Wildman–Crippen MR) is 119 cm³/mol. The lowest BCUT2D eigenvalue weighted by molar-refractivity contribution is -0.118. The van der Waals surface area contributed by atoms with Crippen molar-refractivity contribution in [2.24, 2.45) is 0 Å². The number of amides is 1. The van der Waals surface area contributed by atoms with Crippen molar-refractivity contribution in [1.82, 2.24) is 0 Å². The molecule has 0 aliphatic rings. The quantitative estimate of drug-likeness (QED) is 0.491. The summed E-state index contributed by atoms with van der Waals surface area (Å²) < 4.78 is 38.9. The summed E-state index contributed by atoms with van der Waals surface area (Å²) >= 11 is 3.34. The summed E-state index contributed by atoms with van der Waals surface area (Å²) in [4.78, 5) is 12.1. The molecule has 30 heavy (non-hydrogen) atoms. The highest BCUT2D eigenvalue weighted by Crippen LogP contribution is 2.21. The molecule has 0 spiro atoms. The van der Waals surface area contributed by atoms with Gasteiger partial charge in [-0.1, -0.05) is 22.0 Å². The van der Waals surface area contributed by atoms with Crippen LogP contribution in [-0.4, -0.2) is 28.0 Å². The van der Waals surface area contributed by atoms with Gasteiger partial charge < -0.3 is 14.8 Å². The molecule has 0 atom stereocenters. The Morgan fingerprint density at radius 1 is 0.933 bits per heavy atom. The van der Waals surface area contributed by atoms with E-state index in [9.17, 15) is 13.2 Å². The van der Waals surface area contributed by atoms with Gasteiger partial charge in [0, 0.05) is 15.8 Å². The number of nitrogens with one attached hydrogen (secondary N) is 2.